The number of hydrogen-bond acceptors (Lipinski definition) is 5. The van der Waals surface area contributed by atoms with Gasteiger partial charge in [0, 0.05) is 42.1 Å². The summed E-state index contributed by atoms with van der Waals surface area (Å²) in [6.45, 7) is 5.61. The van der Waals surface area contributed by atoms with E-state index in [2.05, 4.69) is 49.4 Å². The molecule has 5 rings (SSSR count). The van der Waals surface area contributed by atoms with E-state index in [0.29, 0.717) is 23.0 Å². The quantitative estimate of drug-likeness (QED) is 0.379. The molecule has 8 heteroatoms. The molecule has 4 aromatic rings. The van der Waals surface area contributed by atoms with E-state index in [1.54, 1.807) is 12.1 Å². The number of imidazole rings is 1. The number of halogens is 1. The minimum absolute atomic E-state index is 0.184. The van der Waals surface area contributed by atoms with Crippen molar-refractivity contribution in [3.63, 3.8) is 0 Å². The number of aromatic nitrogens is 3. The van der Waals surface area contributed by atoms with Gasteiger partial charge in [-0.2, -0.15) is 0 Å². The van der Waals surface area contributed by atoms with Crippen LogP contribution in [0, 0.1) is 6.92 Å². The number of carbonyl (C=O) groups excluding carboxylic acids is 1. The van der Waals surface area contributed by atoms with Crippen LogP contribution in [0.1, 0.15) is 21.6 Å². The zero-order valence-corrected chi connectivity index (χ0v) is 20.2. The summed E-state index contributed by atoms with van der Waals surface area (Å²) in [6.07, 6.45) is 1.86. The van der Waals surface area contributed by atoms with Crippen LogP contribution in [0.3, 0.4) is 0 Å². The van der Waals surface area contributed by atoms with Crippen LogP contribution in [0.15, 0.2) is 66.9 Å². The summed E-state index contributed by atoms with van der Waals surface area (Å²) in [7, 11) is 0. The number of anilines is 1. The zero-order valence-electron chi connectivity index (χ0n) is 19.4. The van der Waals surface area contributed by atoms with Gasteiger partial charge < -0.3 is 19.9 Å². The highest BCUT2D eigenvalue weighted by atomic mass is 35.5. The Morgan fingerprint density at radius 2 is 1.77 bits per heavy atom. The Hall–Kier alpha value is -3.68. The van der Waals surface area contributed by atoms with Gasteiger partial charge in [0.2, 0.25) is 0 Å². The molecule has 1 saturated heterocycles. The predicted octanol–water partition coefficient (Wildman–Crippen LogP) is 4.87. The van der Waals surface area contributed by atoms with Gasteiger partial charge in [-0.3, -0.25) is 4.79 Å². The van der Waals surface area contributed by atoms with Crippen LogP contribution in [0.5, 0.6) is 0 Å². The third-order valence-electron chi connectivity index (χ3n) is 6.00. The van der Waals surface area contributed by atoms with Gasteiger partial charge in [0.1, 0.15) is 11.0 Å². The maximum absolute atomic E-state index is 12.4. The molecule has 2 N–H and O–H groups in total. The molecular weight excluding hydrogens is 462 g/mol. The fourth-order valence-corrected chi connectivity index (χ4v) is 4.36. The topological polar surface area (TPSA) is 83.1 Å². The van der Waals surface area contributed by atoms with Crippen molar-refractivity contribution < 1.29 is 9.53 Å². The molecule has 0 unspecified atom stereocenters. The number of morpholine rings is 1. The van der Waals surface area contributed by atoms with Gasteiger partial charge in [-0.15, -0.1) is 0 Å². The first-order chi connectivity index (χ1) is 17.0. The van der Waals surface area contributed by atoms with Gasteiger partial charge in [-0.05, 0) is 42.3 Å². The summed E-state index contributed by atoms with van der Waals surface area (Å²) in [4.78, 5) is 26.8. The van der Waals surface area contributed by atoms with E-state index >= 15 is 0 Å². The van der Waals surface area contributed by atoms with E-state index in [9.17, 15) is 4.79 Å². The third kappa shape index (κ3) is 5.53. The molecule has 0 saturated carbocycles. The van der Waals surface area contributed by atoms with E-state index in [4.69, 9.17) is 16.3 Å². The molecule has 1 amide bonds. The van der Waals surface area contributed by atoms with Crippen molar-refractivity contribution in [1.29, 1.82) is 0 Å². The number of pyridine rings is 1. The second-order valence-electron chi connectivity index (χ2n) is 8.49. The van der Waals surface area contributed by atoms with Gasteiger partial charge in [0.25, 0.3) is 5.91 Å². The Morgan fingerprint density at radius 1 is 1.06 bits per heavy atom. The van der Waals surface area contributed by atoms with Gasteiger partial charge in [0.05, 0.1) is 25.1 Å². The molecule has 2 aromatic heterocycles. The van der Waals surface area contributed by atoms with Gasteiger partial charge in [-0.25, -0.2) is 9.97 Å². The number of nitrogens with one attached hydrogen (secondary N) is 2. The highest BCUT2D eigenvalue weighted by Crippen LogP contribution is 2.25. The summed E-state index contributed by atoms with van der Waals surface area (Å²) < 4.78 is 5.44. The van der Waals surface area contributed by atoms with Crippen molar-refractivity contribution in [2.24, 2.45) is 0 Å². The van der Waals surface area contributed by atoms with E-state index in [1.807, 2.05) is 37.4 Å². The molecule has 7 nitrogen and oxygen atoms in total. The number of nitrogens with zero attached hydrogens (tertiary/aromatic N) is 3. The smallest absolute Gasteiger partial charge is 0.251 e. The second kappa shape index (κ2) is 10.3. The molecule has 35 heavy (non-hydrogen) atoms. The summed E-state index contributed by atoms with van der Waals surface area (Å²) in [5.74, 6) is 0.617. The number of ether oxygens (including phenoxy) is 1. The molecule has 0 bridgehead atoms. The van der Waals surface area contributed by atoms with Crippen molar-refractivity contribution >= 4 is 23.2 Å². The standard InChI is InChI=1S/C27H26ClN5O2/c1-18-14-22(15-25(28)31-18)27(34)30-16-19-2-4-21(5-3-19)26-29-17-24(32-26)20-6-8-23(9-7-20)33-10-12-35-13-11-33/h2-9,14-15,17H,10-13,16H2,1H3,(H,29,32)(H,30,34). The first-order valence-electron chi connectivity index (χ1n) is 11.5. The van der Waals surface area contributed by atoms with Crippen LogP contribution in [-0.2, 0) is 11.3 Å². The maximum Gasteiger partial charge on any atom is 0.251 e. The largest absolute Gasteiger partial charge is 0.378 e. The number of hydrogen-bond donors (Lipinski definition) is 2. The number of carbonyl (C=O) groups is 1. The lowest BCUT2D eigenvalue weighted by molar-refractivity contribution is 0.0950. The van der Waals surface area contributed by atoms with Crippen molar-refractivity contribution in [2.75, 3.05) is 31.2 Å². The SMILES string of the molecule is Cc1cc(C(=O)NCc2ccc(-c3ncc(-c4ccc(N5CCOCC5)cc4)[nH]3)cc2)cc(Cl)n1. The lowest BCUT2D eigenvalue weighted by atomic mass is 10.1. The minimum atomic E-state index is -0.184. The summed E-state index contributed by atoms with van der Waals surface area (Å²) in [6, 6.07) is 19.8. The van der Waals surface area contributed by atoms with E-state index in [-0.39, 0.29) is 5.91 Å². The van der Waals surface area contributed by atoms with Crippen LogP contribution in [-0.4, -0.2) is 47.2 Å². The number of benzene rings is 2. The van der Waals surface area contributed by atoms with Crippen LogP contribution >= 0.6 is 11.6 Å². The summed E-state index contributed by atoms with van der Waals surface area (Å²) in [5.41, 5.74) is 6.44. The fraction of sp³-hybridized carbons (Fsp3) is 0.222. The molecule has 1 fully saturated rings. The number of H-pyrrole nitrogens is 1. The Kier molecular flexibility index (Phi) is 6.79. The number of aryl methyl sites for hydroxylation is 1. The zero-order chi connectivity index (χ0) is 24.2. The Labute approximate surface area is 209 Å². The lowest BCUT2D eigenvalue weighted by Crippen LogP contribution is -2.36. The van der Waals surface area contributed by atoms with Gasteiger partial charge in [-0.1, -0.05) is 48.0 Å². The summed E-state index contributed by atoms with van der Waals surface area (Å²) in [5, 5.41) is 3.23. The van der Waals surface area contributed by atoms with Gasteiger partial charge >= 0.3 is 0 Å². The monoisotopic (exact) mass is 487 g/mol. The average molecular weight is 488 g/mol. The highest BCUT2D eigenvalue weighted by molar-refractivity contribution is 6.29. The second-order valence-corrected chi connectivity index (χ2v) is 8.88. The average Bonchev–Trinajstić information content (AvgIpc) is 3.38. The first kappa shape index (κ1) is 23.1. The van der Waals surface area contributed by atoms with Crippen molar-refractivity contribution in [2.45, 2.75) is 13.5 Å². The predicted molar refractivity (Wildman–Crippen MR) is 138 cm³/mol. The molecule has 3 heterocycles. The molecule has 2 aromatic carbocycles. The highest BCUT2D eigenvalue weighted by Gasteiger charge is 2.12. The van der Waals surface area contributed by atoms with Gasteiger partial charge in [0.15, 0.2) is 0 Å². The molecule has 0 atom stereocenters. The van der Waals surface area contributed by atoms with Crippen LogP contribution in [0.2, 0.25) is 5.15 Å². The molecule has 1 aliphatic heterocycles. The fourth-order valence-electron chi connectivity index (χ4n) is 4.11. The Morgan fingerprint density at radius 3 is 2.49 bits per heavy atom. The molecule has 0 spiro atoms. The molecule has 1 aliphatic rings. The molecule has 0 radical (unpaired) electrons. The maximum atomic E-state index is 12.4. The third-order valence-corrected chi connectivity index (χ3v) is 6.19. The van der Waals surface area contributed by atoms with E-state index in [1.165, 1.54) is 5.69 Å². The molecular formula is C27H26ClN5O2. The lowest BCUT2D eigenvalue weighted by Gasteiger charge is -2.28. The molecule has 178 valence electrons. The first-order valence-corrected chi connectivity index (χ1v) is 11.9. The van der Waals surface area contributed by atoms with Crippen LogP contribution < -0.4 is 10.2 Å². The van der Waals surface area contributed by atoms with Crippen molar-refractivity contribution in [1.82, 2.24) is 20.3 Å². The van der Waals surface area contributed by atoms with Crippen LogP contribution in [0.25, 0.3) is 22.6 Å². The normalized spacial score (nSPS) is 13.6. The van der Waals surface area contributed by atoms with Crippen molar-refractivity contribution in [3.8, 4) is 22.6 Å². The Balaban J connectivity index is 1.21. The number of aromatic amines is 1. The Bertz CT molecular complexity index is 1290. The van der Waals surface area contributed by atoms with Crippen LogP contribution in [0.4, 0.5) is 5.69 Å². The van der Waals surface area contributed by atoms with Crippen molar-refractivity contribution in [3.05, 3.63) is 88.8 Å². The molecule has 0 aliphatic carbocycles. The van der Waals surface area contributed by atoms with E-state index in [0.717, 1.165) is 54.5 Å². The number of rotatable bonds is 6. The minimum Gasteiger partial charge on any atom is -0.378 e. The summed E-state index contributed by atoms with van der Waals surface area (Å²) >= 11 is 5.96. The van der Waals surface area contributed by atoms with E-state index < -0.39 is 0 Å². The number of amides is 1.